The van der Waals surface area contributed by atoms with Crippen molar-refractivity contribution < 1.29 is 22.7 Å². The third kappa shape index (κ3) is 5.72. The Morgan fingerprint density at radius 3 is 2.70 bits per heavy atom. The average Bonchev–Trinajstić information content (AvgIpc) is 3.26. The van der Waals surface area contributed by atoms with Gasteiger partial charge >= 0.3 is 0 Å². The molecule has 2 aromatic rings. The molecule has 0 saturated carbocycles. The molecule has 3 rings (SSSR count). The van der Waals surface area contributed by atoms with Crippen molar-refractivity contribution in [2.24, 2.45) is 0 Å². The van der Waals surface area contributed by atoms with Gasteiger partial charge in [-0.1, -0.05) is 41.9 Å². The van der Waals surface area contributed by atoms with E-state index in [9.17, 15) is 13.2 Å². The molecule has 1 heterocycles. The third-order valence-corrected chi connectivity index (χ3v) is 6.86. The van der Waals surface area contributed by atoms with E-state index in [0.29, 0.717) is 13.2 Å². The van der Waals surface area contributed by atoms with Gasteiger partial charge in [-0.3, -0.25) is 4.79 Å². The molecule has 7 nitrogen and oxygen atoms in total. The summed E-state index contributed by atoms with van der Waals surface area (Å²) in [6.07, 6.45) is 1.82. The standard InChI is InChI=1S/C21H25ClN2O5S/c1-28-19-10-9-17(22)12-20(19)30(26,27)24(14-16-6-3-2-4-7-16)15-21(25)23-13-18-8-5-11-29-18/h2-4,6-7,9-10,12,18H,5,8,11,13-15H2,1H3,(H,23,25)/t18-/m0/s1. The first-order valence-electron chi connectivity index (χ1n) is 9.66. The number of halogens is 1. The first-order valence-corrected chi connectivity index (χ1v) is 11.5. The van der Waals surface area contributed by atoms with E-state index < -0.39 is 15.9 Å². The Morgan fingerprint density at radius 2 is 2.03 bits per heavy atom. The molecule has 9 heteroatoms. The Morgan fingerprint density at radius 1 is 1.27 bits per heavy atom. The minimum Gasteiger partial charge on any atom is -0.495 e. The van der Waals surface area contributed by atoms with Gasteiger partial charge in [0.25, 0.3) is 0 Å². The van der Waals surface area contributed by atoms with Crippen LogP contribution >= 0.6 is 11.6 Å². The summed E-state index contributed by atoms with van der Waals surface area (Å²) in [7, 11) is -2.68. The molecule has 1 atom stereocenters. The van der Waals surface area contributed by atoms with Gasteiger partial charge < -0.3 is 14.8 Å². The highest BCUT2D eigenvalue weighted by atomic mass is 35.5. The van der Waals surface area contributed by atoms with Gasteiger partial charge in [-0.2, -0.15) is 4.31 Å². The van der Waals surface area contributed by atoms with Crippen molar-refractivity contribution in [3.8, 4) is 5.75 Å². The normalized spacial score (nSPS) is 16.6. The lowest BCUT2D eigenvalue weighted by molar-refractivity contribution is -0.121. The van der Waals surface area contributed by atoms with Crippen molar-refractivity contribution in [1.29, 1.82) is 0 Å². The zero-order chi connectivity index (χ0) is 21.6. The number of amides is 1. The van der Waals surface area contributed by atoms with E-state index >= 15 is 0 Å². The molecule has 1 saturated heterocycles. The van der Waals surface area contributed by atoms with Crippen LogP contribution in [0.3, 0.4) is 0 Å². The molecule has 162 valence electrons. The molecular formula is C21H25ClN2O5S. The number of methoxy groups -OCH3 is 1. The Balaban J connectivity index is 1.84. The number of hydrogen-bond acceptors (Lipinski definition) is 5. The van der Waals surface area contributed by atoms with Crippen molar-refractivity contribution in [1.82, 2.24) is 9.62 Å². The number of carbonyl (C=O) groups is 1. The summed E-state index contributed by atoms with van der Waals surface area (Å²) >= 11 is 6.04. The number of benzene rings is 2. The largest absolute Gasteiger partial charge is 0.495 e. The van der Waals surface area contributed by atoms with E-state index in [0.717, 1.165) is 22.7 Å². The van der Waals surface area contributed by atoms with Crippen molar-refractivity contribution in [2.45, 2.75) is 30.4 Å². The highest BCUT2D eigenvalue weighted by Crippen LogP contribution is 2.30. The molecule has 0 radical (unpaired) electrons. The fraction of sp³-hybridized carbons (Fsp3) is 0.381. The smallest absolute Gasteiger partial charge is 0.247 e. The van der Waals surface area contributed by atoms with Gasteiger partial charge in [0.15, 0.2) is 0 Å². The number of carbonyl (C=O) groups excluding carboxylic acids is 1. The second-order valence-corrected chi connectivity index (χ2v) is 9.34. The van der Waals surface area contributed by atoms with E-state index in [1.165, 1.54) is 19.2 Å². The van der Waals surface area contributed by atoms with Crippen LogP contribution in [-0.2, 0) is 26.1 Å². The van der Waals surface area contributed by atoms with Crippen LogP contribution in [0.25, 0.3) is 0 Å². The van der Waals surface area contributed by atoms with Gasteiger partial charge in [-0.15, -0.1) is 0 Å². The average molecular weight is 453 g/mol. The van der Waals surface area contributed by atoms with Crippen molar-refractivity contribution in [3.63, 3.8) is 0 Å². The minimum atomic E-state index is -4.07. The van der Waals surface area contributed by atoms with E-state index in [1.807, 2.05) is 30.3 Å². The van der Waals surface area contributed by atoms with Crippen molar-refractivity contribution >= 4 is 27.5 Å². The lowest BCUT2D eigenvalue weighted by Gasteiger charge is -2.23. The number of ether oxygens (including phenoxy) is 2. The van der Waals surface area contributed by atoms with Crippen molar-refractivity contribution in [3.05, 3.63) is 59.1 Å². The van der Waals surface area contributed by atoms with E-state index in [1.54, 1.807) is 6.07 Å². The molecule has 2 aromatic carbocycles. The molecule has 0 aromatic heterocycles. The molecule has 0 bridgehead atoms. The second kappa shape index (κ2) is 10.3. The first kappa shape index (κ1) is 22.6. The molecule has 1 fully saturated rings. The predicted octanol–water partition coefficient (Wildman–Crippen LogP) is 2.83. The number of nitrogens with zero attached hydrogens (tertiary/aromatic N) is 1. The Hall–Kier alpha value is -2.13. The van der Waals surface area contributed by atoms with Crippen LogP contribution in [0.15, 0.2) is 53.4 Å². The van der Waals surface area contributed by atoms with Crippen LogP contribution in [0.1, 0.15) is 18.4 Å². The summed E-state index contributed by atoms with van der Waals surface area (Å²) in [5, 5.41) is 3.04. The Kier molecular flexibility index (Phi) is 7.71. The van der Waals surface area contributed by atoms with Crippen LogP contribution in [0.4, 0.5) is 0 Å². The summed E-state index contributed by atoms with van der Waals surface area (Å²) < 4.78 is 38.8. The molecule has 1 N–H and O–H groups in total. The molecule has 0 aliphatic carbocycles. The zero-order valence-corrected chi connectivity index (χ0v) is 18.3. The van der Waals surface area contributed by atoms with E-state index in [4.69, 9.17) is 21.1 Å². The topological polar surface area (TPSA) is 84.9 Å². The summed E-state index contributed by atoms with van der Waals surface area (Å²) in [6, 6.07) is 13.5. The zero-order valence-electron chi connectivity index (χ0n) is 16.7. The van der Waals surface area contributed by atoms with Gasteiger partial charge in [-0.25, -0.2) is 8.42 Å². The summed E-state index contributed by atoms with van der Waals surface area (Å²) in [4.78, 5) is 12.5. The highest BCUT2D eigenvalue weighted by Gasteiger charge is 2.30. The maximum Gasteiger partial charge on any atom is 0.247 e. The van der Waals surface area contributed by atoms with Gasteiger partial charge in [-0.05, 0) is 36.6 Å². The lowest BCUT2D eigenvalue weighted by atomic mass is 10.2. The quantitative estimate of drug-likeness (QED) is 0.632. The fourth-order valence-electron chi connectivity index (χ4n) is 3.25. The van der Waals surface area contributed by atoms with Crippen LogP contribution in [0, 0.1) is 0 Å². The maximum atomic E-state index is 13.4. The summed E-state index contributed by atoms with van der Waals surface area (Å²) in [5.74, 6) is -0.233. The third-order valence-electron chi connectivity index (χ3n) is 4.82. The van der Waals surface area contributed by atoms with Crippen LogP contribution < -0.4 is 10.1 Å². The van der Waals surface area contributed by atoms with Crippen LogP contribution in [-0.4, -0.2) is 51.5 Å². The molecular weight excluding hydrogens is 428 g/mol. The first-order chi connectivity index (χ1) is 14.4. The SMILES string of the molecule is COc1ccc(Cl)cc1S(=O)(=O)N(CC(=O)NC[C@@H]1CCCO1)Cc1ccccc1. The summed E-state index contributed by atoms with van der Waals surface area (Å²) in [6.45, 7) is 0.744. The number of nitrogens with one attached hydrogen (secondary N) is 1. The maximum absolute atomic E-state index is 13.4. The predicted molar refractivity (Wildman–Crippen MR) is 114 cm³/mol. The second-order valence-electron chi connectivity index (χ2n) is 6.99. The van der Waals surface area contributed by atoms with Crippen molar-refractivity contribution in [2.75, 3.05) is 26.8 Å². The van der Waals surface area contributed by atoms with Crippen LogP contribution in [0.2, 0.25) is 5.02 Å². The van der Waals surface area contributed by atoms with Gasteiger partial charge in [0.2, 0.25) is 15.9 Å². The monoisotopic (exact) mass is 452 g/mol. The van der Waals surface area contributed by atoms with Gasteiger partial charge in [0, 0.05) is 24.7 Å². The summed E-state index contributed by atoms with van der Waals surface area (Å²) in [5.41, 5.74) is 0.758. The Labute approximate surface area is 182 Å². The number of rotatable bonds is 9. The molecule has 30 heavy (non-hydrogen) atoms. The van der Waals surface area contributed by atoms with Gasteiger partial charge in [0.05, 0.1) is 19.8 Å². The molecule has 1 amide bonds. The molecule has 0 spiro atoms. The van der Waals surface area contributed by atoms with Gasteiger partial charge in [0.1, 0.15) is 10.6 Å². The molecule has 0 unspecified atom stereocenters. The minimum absolute atomic E-state index is 0.0267. The fourth-order valence-corrected chi connectivity index (χ4v) is 5.06. The molecule has 1 aliphatic rings. The number of sulfonamides is 1. The van der Waals surface area contributed by atoms with E-state index in [2.05, 4.69) is 5.32 Å². The lowest BCUT2D eigenvalue weighted by Crippen LogP contribution is -2.42. The number of hydrogen-bond donors (Lipinski definition) is 1. The highest BCUT2D eigenvalue weighted by molar-refractivity contribution is 7.89. The van der Waals surface area contributed by atoms with Crippen LogP contribution in [0.5, 0.6) is 5.75 Å². The Bertz CT molecular complexity index is 963. The van der Waals surface area contributed by atoms with E-state index in [-0.39, 0.29) is 34.9 Å². The molecule has 1 aliphatic heterocycles.